The number of benzene rings is 2. The monoisotopic (exact) mass is 361 g/mol. The van der Waals surface area contributed by atoms with E-state index in [9.17, 15) is 0 Å². The molecule has 26 heavy (non-hydrogen) atoms. The van der Waals surface area contributed by atoms with Crippen LogP contribution in [-0.4, -0.2) is 15.2 Å². The minimum atomic E-state index is -0.469. The van der Waals surface area contributed by atoms with Crippen molar-refractivity contribution in [3.05, 3.63) is 83.1 Å². The molecule has 1 aliphatic rings. The number of nitrogens with zero attached hydrogens (tertiary/aromatic N) is 3. The molecule has 128 valence electrons. The molecule has 1 aromatic heterocycles. The quantitative estimate of drug-likeness (QED) is 0.539. The molecule has 4 nitrogen and oxygen atoms in total. The number of hydrogen-bond acceptors (Lipinski definition) is 2. The van der Waals surface area contributed by atoms with Crippen molar-refractivity contribution in [1.29, 1.82) is 0 Å². The molecule has 0 unspecified atom stereocenters. The third-order valence-corrected chi connectivity index (χ3v) is 4.52. The highest BCUT2D eigenvalue weighted by molar-refractivity contribution is 6.30. The zero-order valence-electron chi connectivity index (χ0n) is 14.4. The van der Waals surface area contributed by atoms with Gasteiger partial charge in [-0.15, -0.1) is 0 Å². The molecule has 0 atom stereocenters. The van der Waals surface area contributed by atoms with Crippen LogP contribution in [0.15, 0.2) is 61.1 Å². The lowest BCUT2D eigenvalue weighted by Crippen LogP contribution is -2.30. The molecule has 0 fully saturated rings. The van der Waals surface area contributed by atoms with Crippen molar-refractivity contribution in [2.75, 3.05) is 0 Å². The molecule has 0 saturated carbocycles. The summed E-state index contributed by atoms with van der Waals surface area (Å²) in [6.45, 7) is 11.3. The molecule has 0 aliphatic carbocycles. The maximum Gasteiger partial charge on any atom is 0.188 e. The van der Waals surface area contributed by atoms with Gasteiger partial charge < -0.3 is 4.74 Å². The molecule has 0 bridgehead atoms. The van der Waals surface area contributed by atoms with Crippen molar-refractivity contribution >= 4 is 23.0 Å². The van der Waals surface area contributed by atoms with Crippen molar-refractivity contribution in [1.82, 2.24) is 9.55 Å². The SMILES string of the molecule is [C-]#[N+]c1ccc2c(c1)C(n1cncc1-c1ccc(Cl)cc1)=CC(C)(C)O2. The molecular formula is C21H16ClN3O. The lowest BCUT2D eigenvalue weighted by Gasteiger charge is -2.32. The molecule has 2 heterocycles. The number of rotatable bonds is 2. The van der Waals surface area contributed by atoms with Crippen LogP contribution < -0.4 is 4.74 Å². The maximum atomic E-state index is 7.31. The molecule has 4 rings (SSSR count). The second kappa shape index (κ2) is 6.05. The number of aromatic nitrogens is 2. The second-order valence-electron chi connectivity index (χ2n) is 6.68. The van der Waals surface area contributed by atoms with Crippen molar-refractivity contribution in [3.8, 4) is 17.0 Å². The van der Waals surface area contributed by atoms with Crippen LogP contribution in [0.2, 0.25) is 5.02 Å². The van der Waals surface area contributed by atoms with E-state index in [2.05, 4.69) is 15.9 Å². The molecule has 0 spiro atoms. The summed E-state index contributed by atoms with van der Waals surface area (Å²) in [4.78, 5) is 7.90. The molecule has 0 radical (unpaired) electrons. The van der Waals surface area contributed by atoms with Crippen molar-refractivity contribution in [2.24, 2.45) is 0 Å². The van der Waals surface area contributed by atoms with Gasteiger partial charge in [0.15, 0.2) is 5.69 Å². The van der Waals surface area contributed by atoms with Crippen LogP contribution in [-0.2, 0) is 0 Å². The summed E-state index contributed by atoms with van der Waals surface area (Å²) in [5, 5.41) is 0.693. The van der Waals surface area contributed by atoms with E-state index in [0.717, 1.165) is 28.3 Å². The van der Waals surface area contributed by atoms with Crippen LogP contribution in [0.4, 0.5) is 5.69 Å². The minimum Gasteiger partial charge on any atom is -0.483 e. The molecule has 2 aromatic carbocycles. The summed E-state index contributed by atoms with van der Waals surface area (Å²) in [7, 11) is 0. The number of halogens is 1. The van der Waals surface area contributed by atoms with E-state index < -0.39 is 5.60 Å². The van der Waals surface area contributed by atoms with E-state index in [4.69, 9.17) is 22.9 Å². The Morgan fingerprint density at radius 3 is 2.65 bits per heavy atom. The summed E-state index contributed by atoms with van der Waals surface area (Å²) in [6.07, 6.45) is 5.67. The summed E-state index contributed by atoms with van der Waals surface area (Å²) in [5.41, 5.74) is 3.90. The van der Waals surface area contributed by atoms with E-state index in [0.29, 0.717) is 10.7 Å². The first-order chi connectivity index (χ1) is 12.5. The molecule has 0 saturated heterocycles. The van der Waals surface area contributed by atoms with Gasteiger partial charge in [-0.25, -0.2) is 9.83 Å². The molecule has 0 amide bonds. The molecule has 0 N–H and O–H groups in total. The van der Waals surface area contributed by atoms with Gasteiger partial charge in [-0.2, -0.15) is 0 Å². The number of imidazole rings is 1. The van der Waals surface area contributed by atoms with Crippen molar-refractivity contribution in [3.63, 3.8) is 0 Å². The fourth-order valence-corrected chi connectivity index (χ4v) is 3.24. The van der Waals surface area contributed by atoms with Crippen LogP contribution in [0.1, 0.15) is 19.4 Å². The summed E-state index contributed by atoms with van der Waals surface area (Å²) in [5.74, 6) is 0.760. The van der Waals surface area contributed by atoms with E-state index in [-0.39, 0.29) is 0 Å². The predicted molar refractivity (Wildman–Crippen MR) is 103 cm³/mol. The molecular weight excluding hydrogens is 346 g/mol. The van der Waals surface area contributed by atoms with Crippen LogP contribution in [0.3, 0.4) is 0 Å². The summed E-state index contributed by atoms with van der Waals surface area (Å²) in [6, 6.07) is 13.2. The van der Waals surface area contributed by atoms with E-state index >= 15 is 0 Å². The van der Waals surface area contributed by atoms with Crippen molar-refractivity contribution in [2.45, 2.75) is 19.4 Å². The van der Waals surface area contributed by atoms with E-state index in [1.807, 2.05) is 61.0 Å². The number of fused-ring (bicyclic) bond motifs is 1. The van der Waals surface area contributed by atoms with Gasteiger partial charge in [-0.3, -0.25) is 4.57 Å². The summed E-state index contributed by atoms with van der Waals surface area (Å²) >= 11 is 6.02. The average Bonchev–Trinajstić information content (AvgIpc) is 3.10. The van der Waals surface area contributed by atoms with Gasteiger partial charge in [-0.05, 0) is 44.2 Å². The number of hydrogen-bond donors (Lipinski definition) is 0. The fraction of sp³-hybridized carbons (Fsp3) is 0.143. The van der Waals surface area contributed by atoms with Crippen LogP contribution in [0.25, 0.3) is 21.8 Å². The van der Waals surface area contributed by atoms with Gasteiger partial charge in [0.25, 0.3) is 0 Å². The van der Waals surface area contributed by atoms with E-state index in [1.54, 1.807) is 12.4 Å². The Balaban J connectivity index is 1.91. The predicted octanol–water partition coefficient (Wildman–Crippen LogP) is 5.81. The zero-order valence-corrected chi connectivity index (χ0v) is 15.2. The highest BCUT2D eigenvalue weighted by Gasteiger charge is 2.28. The Hall–Kier alpha value is -3.03. The third-order valence-electron chi connectivity index (χ3n) is 4.26. The Labute approximate surface area is 157 Å². The zero-order chi connectivity index (χ0) is 18.3. The lowest BCUT2D eigenvalue weighted by molar-refractivity contribution is 0.157. The minimum absolute atomic E-state index is 0.469. The Morgan fingerprint density at radius 1 is 1.15 bits per heavy atom. The average molecular weight is 362 g/mol. The maximum absolute atomic E-state index is 7.31. The highest BCUT2D eigenvalue weighted by Crippen LogP contribution is 2.40. The van der Waals surface area contributed by atoms with Gasteiger partial charge in [0.05, 0.1) is 30.5 Å². The Kier molecular flexibility index (Phi) is 3.82. The fourth-order valence-electron chi connectivity index (χ4n) is 3.12. The van der Waals surface area contributed by atoms with Gasteiger partial charge in [0, 0.05) is 16.1 Å². The molecule has 1 aliphatic heterocycles. The first kappa shape index (κ1) is 16.4. The van der Waals surface area contributed by atoms with Crippen LogP contribution in [0, 0.1) is 6.57 Å². The Bertz CT molecular complexity index is 1060. The highest BCUT2D eigenvalue weighted by atomic mass is 35.5. The van der Waals surface area contributed by atoms with E-state index in [1.165, 1.54) is 0 Å². The third kappa shape index (κ3) is 2.87. The largest absolute Gasteiger partial charge is 0.483 e. The van der Waals surface area contributed by atoms with Gasteiger partial charge in [0.2, 0.25) is 0 Å². The Morgan fingerprint density at radius 2 is 1.92 bits per heavy atom. The number of ether oxygens (including phenoxy) is 1. The van der Waals surface area contributed by atoms with Gasteiger partial charge in [0.1, 0.15) is 11.4 Å². The van der Waals surface area contributed by atoms with Crippen LogP contribution in [0.5, 0.6) is 5.75 Å². The molecule has 3 aromatic rings. The second-order valence-corrected chi connectivity index (χ2v) is 7.12. The summed E-state index contributed by atoms with van der Waals surface area (Å²) < 4.78 is 8.11. The van der Waals surface area contributed by atoms with Crippen molar-refractivity contribution < 1.29 is 4.74 Å². The smallest absolute Gasteiger partial charge is 0.188 e. The topological polar surface area (TPSA) is 31.4 Å². The van der Waals surface area contributed by atoms with Gasteiger partial charge >= 0.3 is 0 Å². The van der Waals surface area contributed by atoms with Gasteiger partial charge in [-0.1, -0.05) is 29.8 Å². The normalized spacial score (nSPS) is 14.8. The first-order valence-electron chi connectivity index (χ1n) is 8.19. The standard InChI is InChI=1S/C21H16ClN3O/c1-21(2)11-18(17-10-16(23-3)8-9-20(17)26-21)25-13-24-12-19(25)14-4-6-15(22)7-5-14/h4-13H,1-2H3. The molecule has 5 heteroatoms. The first-order valence-corrected chi connectivity index (χ1v) is 8.57. The lowest BCUT2D eigenvalue weighted by atomic mass is 9.98. The van der Waals surface area contributed by atoms with Crippen LogP contribution >= 0.6 is 11.6 Å².